The molecule has 1 aliphatic rings. The molecule has 0 aliphatic carbocycles. The Kier molecular flexibility index (Phi) is 9.30. The number of aryl methyl sites for hydroxylation is 2. The minimum absolute atomic E-state index is 0.0698. The first kappa shape index (κ1) is 28.2. The molecule has 0 saturated heterocycles. The van der Waals surface area contributed by atoms with Crippen LogP contribution in [-0.2, 0) is 38.2 Å². The maximum absolute atomic E-state index is 13.5. The van der Waals surface area contributed by atoms with Crippen molar-refractivity contribution in [2.45, 2.75) is 37.8 Å². The van der Waals surface area contributed by atoms with E-state index < -0.39 is 43.9 Å². The SMILES string of the molecule is O=C(O)CN1C(=O)[C@@H](NC(=O)C(Cc2ccccc2)NP(=O)(O)CCc2ccccc2)CCc2ccccc21. The predicted octanol–water partition coefficient (Wildman–Crippen LogP) is 3.16. The molecule has 2 amide bonds. The molecule has 3 atom stereocenters. The van der Waals surface area contributed by atoms with E-state index in [1.807, 2.05) is 72.8 Å². The fraction of sp³-hybridized carbons (Fsp3) is 0.276. The number of hydrogen-bond donors (Lipinski definition) is 4. The van der Waals surface area contributed by atoms with Crippen LogP contribution in [0.15, 0.2) is 84.9 Å². The summed E-state index contributed by atoms with van der Waals surface area (Å²) in [6.07, 6.45) is 1.13. The first-order valence-electron chi connectivity index (χ1n) is 12.8. The molecule has 204 valence electrons. The molecule has 0 fully saturated rings. The van der Waals surface area contributed by atoms with Gasteiger partial charge in [-0.2, -0.15) is 0 Å². The van der Waals surface area contributed by atoms with Crippen molar-refractivity contribution in [3.05, 3.63) is 102 Å². The number of para-hydroxylation sites is 1. The first-order chi connectivity index (χ1) is 18.7. The lowest BCUT2D eigenvalue weighted by molar-refractivity contribution is -0.137. The Bertz CT molecular complexity index is 1350. The average molecular weight is 550 g/mol. The molecule has 9 nitrogen and oxygen atoms in total. The van der Waals surface area contributed by atoms with Crippen LogP contribution < -0.4 is 15.3 Å². The highest BCUT2D eigenvalue weighted by molar-refractivity contribution is 7.55. The third-order valence-corrected chi connectivity index (χ3v) is 8.21. The Morgan fingerprint density at radius 1 is 0.949 bits per heavy atom. The molecule has 3 aromatic rings. The van der Waals surface area contributed by atoms with Gasteiger partial charge in [0.1, 0.15) is 12.6 Å². The monoisotopic (exact) mass is 549 g/mol. The van der Waals surface area contributed by atoms with Crippen LogP contribution in [0.5, 0.6) is 0 Å². The number of aliphatic carboxylic acids is 1. The summed E-state index contributed by atoms with van der Waals surface area (Å²) in [6.45, 7) is -0.542. The highest BCUT2D eigenvalue weighted by Crippen LogP contribution is 2.37. The third kappa shape index (κ3) is 7.86. The number of hydrogen-bond acceptors (Lipinski definition) is 4. The summed E-state index contributed by atoms with van der Waals surface area (Å²) < 4.78 is 13.1. The van der Waals surface area contributed by atoms with E-state index in [0.717, 1.165) is 16.7 Å². The van der Waals surface area contributed by atoms with Gasteiger partial charge in [0, 0.05) is 11.8 Å². The zero-order valence-electron chi connectivity index (χ0n) is 21.4. The summed E-state index contributed by atoms with van der Waals surface area (Å²) in [6, 6.07) is 23.4. The van der Waals surface area contributed by atoms with E-state index >= 15 is 0 Å². The largest absolute Gasteiger partial charge is 0.480 e. The van der Waals surface area contributed by atoms with Gasteiger partial charge < -0.3 is 15.3 Å². The zero-order valence-corrected chi connectivity index (χ0v) is 22.3. The summed E-state index contributed by atoms with van der Waals surface area (Å²) >= 11 is 0. The maximum Gasteiger partial charge on any atom is 0.323 e. The molecule has 4 N–H and O–H groups in total. The van der Waals surface area contributed by atoms with Crippen molar-refractivity contribution in [1.29, 1.82) is 0 Å². The maximum atomic E-state index is 13.5. The molecular weight excluding hydrogens is 517 g/mol. The minimum atomic E-state index is -3.94. The van der Waals surface area contributed by atoms with Crippen LogP contribution in [-0.4, -0.2) is 52.6 Å². The Balaban J connectivity index is 1.52. The Morgan fingerprint density at radius 2 is 1.56 bits per heavy atom. The second-order valence-corrected chi connectivity index (χ2v) is 11.7. The molecule has 0 saturated carbocycles. The van der Waals surface area contributed by atoms with Crippen LogP contribution in [0.2, 0.25) is 0 Å². The van der Waals surface area contributed by atoms with Crippen LogP contribution >= 0.6 is 7.52 Å². The molecule has 0 aromatic heterocycles. The number of carbonyl (C=O) groups excluding carboxylic acids is 2. The fourth-order valence-corrected chi connectivity index (χ4v) is 6.09. The molecule has 3 aromatic carbocycles. The van der Waals surface area contributed by atoms with E-state index in [2.05, 4.69) is 10.4 Å². The van der Waals surface area contributed by atoms with E-state index in [4.69, 9.17) is 0 Å². The van der Waals surface area contributed by atoms with E-state index in [9.17, 15) is 28.9 Å². The molecule has 2 unspecified atom stereocenters. The third-order valence-electron chi connectivity index (χ3n) is 6.66. The molecule has 39 heavy (non-hydrogen) atoms. The minimum Gasteiger partial charge on any atom is -0.480 e. The van der Waals surface area contributed by atoms with Crippen LogP contribution in [0, 0.1) is 0 Å². The molecule has 0 bridgehead atoms. The molecule has 4 rings (SSSR count). The number of carboxylic acid groups (broad SMARTS) is 1. The van der Waals surface area contributed by atoms with Crippen molar-refractivity contribution in [1.82, 2.24) is 10.4 Å². The number of fused-ring (bicyclic) bond motifs is 1. The lowest BCUT2D eigenvalue weighted by atomic mass is 10.0. The van der Waals surface area contributed by atoms with Crippen molar-refractivity contribution in [2.24, 2.45) is 0 Å². The second kappa shape index (κ2) is 12.8. The number of rotatable bonds is 11. The van der Waals surface area contributed by atoms with Gasteiger partial charge in [0.05, 0.1) is 6.04 Å². The quantitative estimate of drug-likeness (QED) is 0.270. The number of nitrogens with zero attached hydrogens (tertiary/aromatic N) is 1. The normalized spacial score (nSPS) is 17.4. The lowest BCUT2D eigenvalue weighted by Crippen LogP contribution is -2.54. The number of nitrogens with one attached hydrogen (secondary N) is 2. The number of carbonyl (C=O) groups is 3. The Hall–Kier alpha value is -3.78. The van der Waals surface area contributed by atoms with Crippen molar-refractivity contribution in [3.8, 4) is 0 Å². The van der Waals surface area contributed by atoms with Gasteiger partial charge in [0.2, 0.25) is 11.8 Å². The molecule has 1 heterocycles. The highest BCUT2D eigenvalue weighted by Gasteiger charge is 2.35. The van der Waals surface area contributed by atoms with E-state index in [0.29, 0.717) is 18.5 Å². The smallest absolute Gasteiger partial charge is 0.323 e. The topological polar surface area (TPSA) is 136 Å². The molecule has 1 aliphatic heterocycles. The van der Waals surface area contributed by atoms with Crippen molar-refractivity contribution in [2.75, 3.05) is 17.6 Å². The van der Waals surface area contributed by atoms with Gasteiger partial charge in [-0.15, -0.1) is 0 Å². The zero-order chi connectivity index (χ0) is 27.8. The van der Waals surface area contributed by atoms with E-state index in [1.54, 1.807) is 12.1 Å². The van der Waals surface area contributed by atoms with Crippen LogP contribution in [0.25, 0.3) is 0 Å². The molecular formula is C29H32N3O6P. The van der Waals surface area contributed by atoms with Gasteiger partial charge in [0.25, 0.3) is 7.52 Å². The Labute approximate surface area is 227 Å². The van der Waals surface area contributed by atoms with Gasteiger partial charge >= 0.3 is 5.97 Å². The molecule has 0 spiro atoms. The average Bonchev–Trinajstić information content (AvgIpc) is 3.05. The van der Waals surface area contributed by atoms with Crippen LogP contribution in [0.4, 0.5) is 5.69 Å². The number of amides is 2. The predicted molar refractivity (Wildman–Crippen MR) is 149 cm³/mol. The van der Waals surface area contributed by atoms with Gasteiger partial charge in [-0.1, -0.05) is 78.9 Å². The van der Waals surface area contributed by atoms with E-state index in [1.165, 1.54) is 4.90 Å². The first-order valence-corrected chi connectivity index (χ1v) is 14.7. The number of carboxylic acids is 1. The Morgan fingerprint density at radius 3 is 2.23 bits per heavy atom. The van der Waals surface area contributed by atoms with Crippen LogP contribution in [0.3, 0.4) is 0 Å². The van der Waals surface area contributed by atoms with Crippen molar-refractivity contribution in [3.63, 3.8) is 0 Å². The highest BCUT2D eigenvalue weighted by atomic mass is 31.2. The summed E-state index contributed by atoms with van der Waals surface area (Å²) in [5, 5.41) is 14.8. The van der Waals surface area contributed by atoms with E-state index in [-0.39, 0.29) is 19.0 Å². The molecule has 10 heteroatoms. The standard InChI is InChI=1S/C29H32N3O6P/c33-27(34)20-32-26-14-8-7-13-23(26)15-16-24(29(32)36)30-28(35)25(19-22-11-5-2-6-12-22)31-39(37,38)18-17-21-9-3-1-4-10-21/h1-14,24-25H,15-20H2,(H,30,35)(H,33,34)(H2,31,37,38)/t24-,25?/m0/s1. The lowest BCUT2D eigenvalue weighted by Gasteiger charge is -2.27. The van der Waals surface area contributed by atoms with Gasteiger partial charge in [-0.05, 0) is 48.4 Å². The van der Waals surface area contributed by atoms with Crippen molar-refractivity contribution >= 4 is 31.0 Å². The van der Waals surface area contributed by atoms with Gasteiger partial charge in [0.15, 0.2) is 0 Å². The summed E-state index contributed by atoms with van der Waals surface area (Å²) in [5.74, 6) is -2.31. The summed E-state index contributed by atoms with van der Waals surface area (Å²) in [5.41, 5.74) is 2.99. The van der Waals surface area contributed by atoms with Crippen LogP contribution in [0.1, 0.15) is 23.1 Å². The number of anilines is 1. The summed E-state index contributed by atoms with van der Waals surface area (Å²) in [7, 11) is -3.94. The second-order valence-electron chi connectivity index (χ2n) is 9.58. The summed E-state index contributed by atoms with van der Waals surface area (Å²) in [4.78, 5) is 50.4. The number of benzene rings is 3. The fourth-order valence-electron chi connectivity index (χ4n) is 4.70. The van der Waals surface area contributed by atoms with Crippen molar-refractivity contribution < 1.29 is 28.9 Å². The van der Waals surface area contributed by atoms with Gasteiger partial charge in [-0.3, -0.25) is 23.8 Å². The molecule has 0 radical (unpaired) electrons. The van der Waals surface area contributed by atoms with Gasteiger partial charge in [-0.25, -0.2) is 5.09 Å².